The van der Waals surface area contributed by atoms with Crippen LogP contribution in [0.4, 0.5) is 0 Å². The summed E-state index contributed by atoms with van der Waals surface area (Å²) in [5.74, 6) is -0.316. The zero-order chi connectivity index (χ0) is 14.1. The zero-order valence-electron chi connectivity index (χ0n) is 12.4. The van der Waals surface area contributed by atoms with E-state index < -0.39 is 0 Å². The van der Waals surface area contributed by atoms with Crippen LogP contribution in [0.25, 0.3) is 0 Å². The molecule has 1 saturated carbocycles. The van der Waals surface area contributed by atoms with Gasteiger partial charge in [0.25, 0.3) is 0 Å². The van der Waals surface area contributed by atoms with Gasteiger partial charge < -0.3 is 10.6 Å². The smallest absolute Gasteiger partial charge is 0.224 e. The lowest BCUT2D eigenvalue weighted by molar-refractivity contribution is -0.142. The first kappa shape index (κ1) is 15.0. The van der Waals surface area contributed by atoms with Gasteiger partial charge in [0.15, 0.2) is 0 Å². The summed E-state index contributed by atoms with van der Waals surface area (Å²) in [5.41, 5.74) is -0.477. The summed E-state index contributed by atoms with van der Waals surface area (Å²) < 4.78 is 0. The van der Waals surface area contributed by atoms with Gasteiger partial charge in [0, 0.05) is 22.9 Å². The second kappa shape index (κ2) is 4.90. The summed E-state index contributed by atoms with van der Waals surface area (Å²) in [6.45, 7) is 11.7. The zero-order valence-corrected chi connectivity index (χ0v) is 12.4. The van der Waals surface area contributed by atoms with Crippen molar-refractivity contribution in [3.05, 3.63) is 0 Å². The predicted molar refractivity (Wildman–Crippen MR) is 72.0 cm³/mol. The molecule has 0 bridgehead atoms. The largest absolute Gasteiger partial charge is 0.351 e. The highest BCUT2D eigenvalue weighted by Crippen LogP contribution is 2.35. The average molecular weight is 254 g/mol. The Morgan fingerprint density at radius 3 is 1.22 bits per heavy atom. The van der Waals surface area contributed by atoms with Gasteiger partial charge in [-0.2, -0.15) is 0 Å². The van der Waals surface area contributed by atoms with Gasteiger partial charge in [-0.25, -0.2) is 0 Å². The van der Waals surface area contributed by atoms with Crippen LogP contribution in [-0.4, -0.2) is 22.9 Å². The van der Waals surface area contributed by atoms with Gasteiger partial charge >= 0.3 is 0 Å². The molecule has 0 spiro atoms. The molecule has 0 saturated heterocycles. The van der Waals surface area contributed by atoms with Crippen molar-refractivity contribution in [3.63, 3.8) is 0 Å². The van der Waals surface area contributed by atoms with E-state index in [4.69, 9.17) is 0 Å². The Morgan fingerprint density at radius 2 is 1.06 bits per heavy atom. The standard InChI is InChI=1S/C14H26N2O2/c1-13(2,3)15-11(17)9-7-8-10(9)12(18)16-14(4,5)6/h9-10H,7-8H2,1-6H3,(H,15,17)(H,16,18). The van der Waals surface area contributed by atoms with Crippen molar-refractivity contribution in [2.75, 3.05) is 0 Å². The normalized spacial score (nSPS) is 24.1. The summed E-state index contributed by atoms with van der Waals surface area (Å²) in [7, 11) is 0. The maximum atomic E-state index is 12.0. The van der Waals surface area contributed by atoms with E-state index in [0.29, 0.717) is 0 Å². The lowest BCUT2D eigenvalue weighted by Crippen LogP contribution is -2.54. The van der Waals surface area contributed by atoms with E-state index >= 15 is 0 Å². The van der Waals surface area contributed by atoms with Crippen LogP contribution in [-0.2, 0) is 9.59 Å². The molecule has 4 nitrogen and oxygen atoms in total. The van der Waals surface area contributed by atoms with Crippen LogP contribution in [0.5, 0.6) is 0 Å². The van der Waals surface area contributed by atoms with E-state index in [-0.39, 0.29) is 34.7 Å². The van der Waals surface area contributed by atoms with Gasteiger partial charge in [-0.15, -0.1) is 0 Å². The topological polar surface area (TPSA) is 58.2 Å². The van der Waals surface area contributed by atoms with E-state index in [1.54, 1.807) is 0 Å². The summed E-state index contributed by atoms with van der Waals surface area (Å²) in [5, 5.41) is 5.90. The highest BCUT2D eigenvalue weighted by atomic mass is 16.2. The van der Waals surface area contributed by atoms with Crippen molar-refractivity contribution in [1.82, 2.24) is 10.6 Å². The molecule has 1 aliphatic carbocycles. The Labute approximate surface area is 110 Å². The van der Waals surface area contributed by atoms with Crippen LogP contribution < -0.4 is 10.6 Å². The Bertz CT molecular complexity index is 303. The Kier molecular flexibility index (Phi) is 4.08. The number of carbonyl (C=O) groups excluding carboxylic acids is 2. The van der Waals surface area contributed by atoms with Gasteiger partial charge in [-0.3, -0.25) is 9.59 Å². The van der Waals surface area contributed by atoms with Gasteiger partial charge in [-0.05, 0) is 54.4 Å². The summed E-state index contributed by atoms with van der Waals surface area (Å²) in [4.78, 5) is 24.1. The van der Waals surface area contributed by atoms with Gasteiger partial charge in [0.2, 0.25) is 11.8 Å². The van der Waals surface area contributed by atoms with Crippen molar-refractivity contribution in [1.29, 1.82) is 0 Å². The number of amides is 2. The number of nitrogens with one attached hydrogen (secondary N) is 2. The predicted octanol–water partition coefficient (Wildman–Crippen LogP) is 1.84. The Hall–Kier alpha value is -1.06. The molecule has 0 heterocycles. The molecular weight excluding hydrogens is 228 g/mol. The molecule has 0 aromatic rings. The second-order valence-corrected chi connectivity index (χ2v) is 7.27. The van der Waals surface area contributed by atoms with Crippen molar-refractivity contribution in [2.45, 2.75) is 65.5 Å². The SMILES string of the molecule is CC(C)(C)NC(=O)C1CCC1C(=O)NC(C)(C)C. The molecule has 0 aromatic heterocycles. The van der Waals surface area contributed by atoms with Crippen molar-refractivity contribution < 1.29 is 9.59 Å². The van der Waals surface area contributed by atoms with Gasteiger partial charge in [0.1, 0.15) is 0 Å². The summed E-state index contributed by atoms with van der Waals surface area (Å²) in [6, 6.07) is 0. The third-order valence-corrected chi connectivity index (χ3v) is 2.94. The minimum Gasteiger partial charge on any atom is -0.351 e. The number of hydrogen-bond acceptors (Lipinski definition) is 2. The van der Waals surface area contributed by atoms with Gasteiger partial charge in [-0.1, -0.05) is 0 Å². The first-order valence-corrected chi connectivity index (χ1v) is 6.64. The van der Waals surface area contributed by atoms with Crippen LogP contribution in [0.3, 0.4) is 0 Å². The summed E-state index contributed by atoms with van der Waals surface area (Å²) >= 11 is 0. The lowest BCUT2D eigenvalue weighted by Gasteiger charge is -2.37. The van der Waals surface area contributed by atoms with Crippen LogP contribution in [0.2, 0.25) is 0 Å². The number of rotatable bonds is 2. The molecule has 0 aromatic carbocycles. The summed E-state index contributed by atoms with van der Waals surface area (Å²) in [6.07, 6.45) is 1.62. The molecular formula is C14H26N2O2. The maximum absolute atomic E-state index is 12.0. The molecule has 0 aliphatic heterocycles. The minimum atomic E-state index is -0.238. The molecule has 104 valence electrons. The molecule has 4 heteroatoms. The van der Waals surface area contributed by atoms with Crippen molar-refractivity contribution in [2.24, 2.45) is 11.8 Å². The minimum absolute atomic E-state index is 0.00260. The molecule has 2 N–H and O–H groups in total. The van der Waals surface area contributed by atoms with Crippen LogP contribution >= 0.6 is 0 Å². The molecule has 18 heavy (non-hydrogen) atoms. The number of hydrogen-bond donors (Lipinski definition) is 2. The first-order valence-electron chi connectivity index (χ1n) is 6.64. The fraction of sp³-hybridized carbons (Fsp3) is 0.857. The fourth-order valence-electron chi connectivity index (χ4n) is 2.05. The molecule has 2 atom stereocenters. The van der Waals surface area contributed by atoms with Crippen LogP contribution in [0.15, 0.2) is 0 Å². The first-order chi connectivity index (χ1) is 7.99. The van der Waals surface area contributed by atoms with Gasteiger partial charge in [0.05, 0.1) is 0 Å². The Balaban J connectivity index is 2.56. The van der Waals surface area contributed by atoms with Crippen molar-refractivity contribution in [3.8, 4) is 0 Å². The maximum Gasteiger partial charge on any atom is 0.224 e. The van der Waals surface area contributed by atoms with E-state index in [1.807, 2.05) is 41.5 Å². The fourth-order valence-corrected chi connectivity index (χ4v) is 2.05. The van der Waals surface area contributed by atoms with E-state index in [2.05, 4.69) is 10.6 Å². The highest BCUT2D eigenvalue weighted by molar-refractivity contribution is 5.89. The molecule has 2 unspecified atom stereocenters. The third-order valence-electron chi connectivity index (χ3n) is 2.94. The molecule has 1 rings (SSSR count). The molecule has 1 aliphatic rings. The average Bonchev–Trinajstić information content (AvgIpc) is 1.91. The Morgan fingerprint density at radius 1 is 0.778 bits per heavy atom. The molecule has 2 amide bonds. The monoisotopic (exact) mass is 254 g/mol. The van der Waals surface area contributed by atoms with Crippen LogP contribution in [0.1, 0.15) is 54.4 Å². The molecule has 0 radical (unpaired) electrons. The quantitative estimate of drug-likeness (QED) is 0.790. The van der Waals surface area contributed by atoms with Crippen LogP contribution in [0, 0.1) is 11.8 Å². The highest BCUT2D eigenvalue weighted by Gasteiger charge is 2.42. The van der Waals surface area contributed by atoms with E-state index in [0.717, 1.165) is 12.8 Å². The van der Waals surface area contributed by atoms with Crippen molar-refractivity contribution >= 4 is 11.8 Å². The lowest BCUT2D eigenvalue weighted by atomic mass is 9.72. The number of carbonyl (C=O) groups is 2. The van der Waals surface area contributed by atoms with E-state index in [1.165, 1.54) is 0 Å². The van der Waals surface area contributed by atoms with E-state index in [9.17, 15) is 9.59 Å². The second-order valence-electron chi connectivity index (χ2n) is 7.27. The third kappa shape index (κ3) is 4.31. The molecule has 1 fully saturated rings.